The first-order valence-electron chi connectivity index (χ1n) is 9.78. The summed E-state index contributed by atoms with van der Waals surface area (Å²) in [5.41, 5.74) is 2.88. The monoisotopic (exact) mass is 406 g/mol. The highest BCUT2D eigenvalue weighted by Crippen LogP contribution is 2.32. The molecule has 8 nitrogen and oxygen atoms in total. The molecule has 1 aliphatic heterocycles. The highest BCUT2D eigenvalue weighted by Gasteiger charge is 2.23. The third-order valence-electron chi connectivity index (χ3n) is 5.07. The zero-order chi connectivity index (χ0) is 21.1. The van der Waals surface area contributed by atoms with Crippen molar-refractivity contribution in [1.29, 1.82) is 0 Å². The largest absolute Gasteiger partial charge is 0.482 e. The van der Waals surface area contributed by atoms with Gasteiger partial charge in [0.1, 0.15) is 11.6 Å². The predicted molar refractivity (Wildman–Crippen MR) is 112 cm³/mol. The molecule has 0 radical (unpaired) electrons. The fourth-order valence-electron chi connectivity index (χ4n) is 3.35. The quantitative estimate of drug-likeness (QED) is 0.586. The van der Waals surface area contributed by atoms with Gasteiger partial charge in [-0.1, -0.05) is 12.1 Å². The van der Waals surface area contributed by atoms with Crippen LogP contribution in [-0.4, -0.2) is 47.8 Å². The van der Waals surface area contributed by atoms with Gasteiger partial charge in [-0.3, -0.25) is 14.4 Å². The van der Waals surface area contributed by atoms with Gasteiger partial charge < -0.3 is 19.9 Å². The summed E-state index contributed by atoms with van der Waals surface area (Å²) in [6.45, 7) is 0.431. The third kappa shape index (κ3) is 4.17. The standard InChI is InChI=1S/C22H22N4O4/c1-26-17-12-14(6-8-19(17)30-13-22(26)29)18(27)7-9-21(28)23-11-10-20-24-15-4-2-3-5-16(15)25-20/h2-6,8,12H,7,9-11,13H2,1H3,(H,23,28)(H,24,25). The molecular weight excluding hydrogens is 384 g/mol. The van der Waals surface area contributed by atoms with Crippen LogP contribution >= 0.6 is 0 Å². The van der Waals surface area contributed by atoms with E-state index >= 15 is 0 Å². The van der Waals surface area contributed by atoms with Gasteiger partial charge in [0.25, 0.3) is 5.91 Å². The van der Waals surface area contributed by atoms with Crippen LogP contribution in [0.3, 0.4) is 0 Å². The van der Waals surface area contributed by atoms with E-state index in [0.717, 1.165) is 16.9 Å². The van der Waals surface area contributed by atoms with Crippen LogP contribution in [0.15, 0.2) is 42.5 Å². The first-order chi connectivity index (χ1) is 14.5. The SMILES string of the molecule is CN1C(=O)COc2ccc(C(=O)CCC(=O)NCCc3nc4ccccc4[nH]3)cc21. The van der Waals surface area contributed by atoms with E-state index in [9.17, 15) is 14.4 Å². The molecule has 1 aliphatic rings. The van der Waals surface area contributed by atoms with Gasteiger partial charge in [0.15, 0.2) is 12.4 Å². The number of para-hydroxylation sites is 2. The topological polar surface area (TPSA) is 104 Å². The van der Waals surface area contributed by atoms with Gasteiger partial charge in [-0.25, -0.2) is 4.98 Å². The zero-order valence-corrected chi connectivity index (χ0v) is 16.6. The highest BCUT2D eigenvalue weighted by atomic mass is 16.5. The molecule has 0 fully saturated rings. The molecule has 30 heavy (non-hydrogen) atoms. The summed E-state index contributed by atoms with van der Waals surface area (Å²) >= 11 is 0. The molecule has 154 valence electrons. The van der Waals surface area contributed by atoms with Gasteiger partial charge in [-0.2, -0.15) is 0 Å². The maximum atomic E-state index is 12.5. The lowest BCUT2D eigenvalue weighted by Gasteiger charge is -2.26. The molecule has 2 heterocycles. The molecule has 0 spiro atoms. The zero-order valence-electron chi connectivity index (χ0n) is 16.6. The summed E-state index contributed by atoms with van der Waals surface area (Å²) in [7, 11) is 1.65. The summed E-state index contributed by atoms with van der Waals surface area (Å²) in [5.74, 6) is 0.861. The van der Waals surface area contributed by atoms with E-state index in [1.54, 1.807) is 25.2 Å². The van der Waals surface area contributed by atoms with E-state index in [0.29, 0.717) is 30.0 Å². The second-order valence-electron chi connectivity index (χ2n) is 7.15. The number of ketones is 1. The number of H-pyrrole nitrogens is 1. The van der Waals surface area contributed by atoms with Crippen molar-refractivity contribution in [2.75, 3.05) is 25.1 Å². The first-order valence-corrected chi connectivity index (χ1v) is 9.78. The number of Topliss-reactive ketones (excluding diaryl/α,β-unsaturated/α-hetero) is 1. The van der Waals surface area contributed by atoms with Crippen LogP contribution in [0.1, 0.15) is 29.0 Å². The van der Waals surface area contributed by atoms with E-state index in [-0.39, 0.29) is 37.0 Å². The Morgan fingerprint density at radius 3 is 2.87 bits per heavy atom. The van der Waals surface area contributed by atoms with Gasteiger partial charge in [0, 0.05) is 38.4 Å². The van der Waals surface area contributed by atoms with Gasteiger partial charge >= 0.3 is 0 Å². The number of carbonyl (C=O) groups excluding carboxylic acids is 3. The molecule has 4 rings (SSSR count). The second kappa shape index (κ2) is 8.36. The van der Waals surface area contributed by atoms with Crippen molar-refractivity contribution in [3.63, 3.8) is 0 Å². The number of likely N-dealkylation sites (N-methyl/N-ethyl adjacent to an activating group) is 1. The number of nitrogens with zero attached hydrogens (tertiary/aromatic N) is 2. The fraction of sp³-hybridized carbons (Fsp3) is 0.273. The van der Waals surface area contributed by atoms with E-state index in [1.807, 2.05) is 24.3 Å². The van der Waals surface area contributed by atoms with Crippen LogP contribution in [0.2, 0.25) is 0 Å². The number of aromatic nitrogens is 2. The van der Waals surface area contributed by atoms with Crippen molar-refractivity contribution in [2.24, 2.45) is 0 Å². The molecule has 2 amide bonds. The van der Waals surface area contributed by atoms with Crippen molar-refractivity contribution in [2.45, 2.75) is 19.3 Å². The number of amides is 2. The Labute approximate surface area is 173 Å². The van der Waals surface area contributed by atoms with Crippen LogP contribution in [0.4, 0.5) is 5.69 Å². The molecule has 2 N–H and O–H groups in total. The van der Waals surface area contributed by atoms with Gasteiger partial charge in [-0.15, -0.1) is 0 Å². The molecule has 0 atom stereocenters. The molecule has 0 bridgehead atoms. The number of hydrogen-bond acceptors (Lipinski definition) is 5. The van der Waals surface area contributed by atoms with Crippen molar-refractivity contribution >= 4 is 34.3 Å². The Balaban J connectivity index is 1.26. The lowest BCUT2D eigenvalue weighted by atomic mass is 10.0. The number of aromatic amines is 1. The summed E-state index contributed by atoms with van der Waals surface area (Å²) in [4.78, 5) is 45.5. The summed E-state index contributed by atoms with van der Waals surface area (Å²) in [6.07, 6.45) is 0.772. The number of ether oxygens (including phenoxy) is 1. The Morgan fingerprint density at radius 1 is 1.20 bits per heavy atom. The van der Waals surface area contributed by atoms with Crippen LogP contribution in [0.5, 0.6) is 5.75 Å². The van der Waals surface area contributed by atoms with E-state index in [2.05, 4.69) is 15.3 Å². The average molecular weight is 406 g/mol. The second-order valence-corrected chi connectivity index (χ2v) is 7.15. The van der Waals surface area contributed by atoms with Crippen molar-refractivity contribution in [1.82, 2.24) is 15.3 Å². The van der Waals surface area contributed by atoms with Gasteiger partial charge in [0.2, 0.25) is 5.91 Å². The Hall–Kier alpha value is -3.68. The number of imidazole rings is 1. The summed E-state index contributed by atoms with van der Waals surface area (Å²) in [5, 5.41) is 2.82. The minimum absolute atomic E-state index is 0.00893. The molecule has 0 aliphatic carbocycles. The molecule has 2 aromatic carbocycles. The highest BCUT2D eigenvalue weighted by molar-refractivity contribution is 6.02. The predicted octanol–water partition coefficient (Wildman–Crippen LogP) is 2.24. The minimum Gasteiger partial charge on any atom is -0.482 e. The van der Waals surface area contributed by atoms with Gasteiger partial charge in [0.05, 0.1) is 16.7 Å². The Bertz CT molecular complexity index is 1090. The van der Waals surface area contributed by atoms with E-state index in [4.69, 9.17) is 4.74 Å². The Kier molecular flexibility index (Phi) is 5.47. The van der Waals surface area contributed by atoms with Crippen LogP contribution in [0, 0.1) is 0 Å². The maximum Gasteiger partial charge on any atom is 0.264 e. The normalized spacial score (nSPS) is 13.1. The molecule has 3 aromatic rings. The lowest BCUT2D eigenvalue weighted by Crippen LogP contribution is -2.35. The van der Waals surface area contributed by atoms with Crippen LogP contribution in [0.25, 0.3) is 11.0 Å². The molecule has 0 saturated heterocycles. The van der Waals surface area contributed by atoms with Gasteiger partial charge in [-0.05, 0) is 30.3 Å². The van der Waals surface area contributed by atoms with Crippen LogP contribution in [-0.2, 0) is 16.0 Å². The number of fused-ring (bicyclic) bond motifs is 2. The number of anilines is 1. The minimum atomic E-state index is -0.187. The summed E-state index contributed by atoms with van der Waals surface area (Å²) in [6, 6.07) is 12.7. The smallest absolute Gasteiger partial charge is 0.264 e. The first kappa shape index (κ1) is 19.6. The lowest BCUT2D eigenvalue weighted by molar-refractivity contribution is -0.121. The van der Waals surface area contributed by atoms with Crippen molar-refractivity contribution in [3.8, 4) is 5.75 Å². The number of carbonyl (C=O) groups is 3. The molecule has 8 heteroatoms. The molecule has 0 unspecified atom stereocenters. The van der Waals surface area contributed by atoms with E-state index in [1.165, 1.54) is 4.90 Å². The van der Waals surface area contributed by atoms with E-state index < -0.39 is 0 Å². The number of hydrogen-bond donors (Lipinski definition) is 2. The third-order valence-corrected chi connectivity index (χ3v) is 5.07. The molecule has 0 saturated carbocycles. The number of nitrogens with one attached hydrogen (secondary N) is 2. The number of rotatable bonds is 7. The fourth-order valence-corrected chi connectivity index (χ4v) is 3.35. The van der Waals surface area contributed by atoms with Crippen LogP contribution < -0.4 is 15.0 Å². The molecule has 1 aromatic heterocycles. The van der Waals surface area contributed by atoms with Crippen molar-refractivity contribution < 1.29 is 19.1 Å². The maximum absolute atomic E-state index is 12.5. The van der Waals surface area contributed by atoms with Crippen molar-refractivity contribution in [3.05, 3.63) is 53.9 Å². The average Bonchev–Trinajstić information content (AvgIpc) is 3.17. The molecular formula is C22H22N4O4. The number of benzene rings is 2. The Morgan fingerprint density at radius 2 is 2.03 bits per heavy atom. The summed E-state index contributed by atoms with van der Waals surface area (Å²) < 4.78 is 5.36.